The van der Waals surface area contributed by atoms with E-state index in [2.05, 4.69) is 19.2 Å². The molecule has 1 aliphatic heterocycles. The summed E-state index contributed by atoms with van der Waals surface area (Å²) in [6, 6.07) is 4.99. The van der Waals surface area contributed by atoms with E-state index in [9.17, 15) is 13.2 Å². The van der Waals surface area contributed by atoms with Crippen LogP contribution in [-0.4, -0.2) is 19.2 Å². The van der Waals surface area contributed by atoms with Crippen LogP contribution in [0.5, 0.6) is 5.75 Å². The molecule has 0 saturated carbocycles. The summed E-state index contributed by atoms with van der Waals surface area (Å²) >= 11 is 0. The Morgan fingerprint density at radius 3 is 2.38 bits per heavy atom. The third-order valence-electron chi connectivity index (χ3n) is 3.80. The van der Waals surface area contributed by atoms with E-state index in [1.165, 1.54) is 12.1 Å². The predicted molar refractivity (Wildman–Crippen MR) is 76.3 cm³/mol. The molecule has 1 aromatic rings. The number of benzene rings is 1. The van der Waals surface area contributed by atoms with Gasteiger partial charge in [0, 0.05) is 12.5 Å². The number of hydrogen-bond donors (Lipinski definition) is 1. The Bertz CT molecular complexity index is 436. The zero-order valence-electron chi connectivity index (χ0n) is 12.4. The molecule has 2 rings (SSSR count). The zero-order valence-corrected chi connectivity index (χ0v) is 12.4. The molecule has 5 heteroatoms. The summed E-state index contributed by atoms with van der Waals surface area (Å²) in [4.78, 5) is 0. The number of rotatable bonds is 5. The Hall–Kier alpha value is -1.23. The van der Waals surface area contributed by atoms with Gasteiger partial charge in [-0.3, -0.25) is 0 Å². The van der Waals surface area contributed by atoms with Gasteiger partial charge in [0.25, 0.3) is 0 Å². The van der Waals surface area contributed by atoms with E-state index in [1.54, 1.807) is 0 Å². The molecule has 1 fully saturated rings. The number of ether oxygens (including phenoxy) is 1. The largest absolute Gasteiger partial charge is 0.490 e. The Morgan fingerprint density at radius 2 is 1.90 bits per heavy atom. The minimum Gasteiger partial charge on any atom is -0.490 e. The molecule has 1 unspecified atom stereocenters. The third kappa shape index (κ3) is 4.63. The van der Waals surface area contributed by atoms with Gasteiger partial charge < -0.3 is 10.1 Å². The van der Waals surface area contributed by atoms with Gasteiger partial charge in [-0.1, -0.05) is 13.8 Å². The first kappa shape index (κ1) is 16.1. The average molecular weight is 301 g/mol. The quantitative estimate of drug-likeness (QED) is 0.883. The van der Waals surface area contributed by atoms with E-state index < -0.39 is 11.7 Å². The second-order valence-corrected chi connectivity index (χ2v) is 6.06. The lowest BCUT2D eigenvalue weighted by molar-refractivity contribution is -0.137. The summed E-state index contributed by atoms with van der Waals surface area (Å²) in [5.74, 6) is 1.43. The smallest absolute Gasteiger partial charge is 0.416 e. The molecule has 1 N–H and O–H groups in total. The van der Waals surface area contributed by atoms with Crippen molar-refractivity contribution in [1.29, 1.82) is 0 Å². The molecule has 1 saturated heterocycles. The molecule has 0 amide bonds. The lowest BCUT2D eigenvalue weighted by Gasteiger charge is -2.26. The van der Waals surface area contributed by atoms with Crippen molar-refractivity contribution in [3.63, 3.8) is 0 Å². The van der Waals surface area contributed by atoms with E-state index in [1.807, 2.05) is 0 Å². The van der Waals surface area contributed by atoms with Crippen molar-refractivity contribution >= 4 is 0 Å². The Morgan fingerprint density at radius 1 is 1.24 bits per heavy atom. The number of hydrogen-bond acceptors (Lipinski definition) is 2. The molecule has 1 heterocycles. The maximum Gasteiger partial charge on any atom is 0.416 e. The second kappa shape index (κ2) is 6.69. The summed E-state index contributed by atoms with van der Waals surface area (Å²) in [7, 11) is 0. The third-order valence-corrected chi connectivity index (χ3v) is 3.80. The van der Waals surface area contributed by atoms with Crippen molar-refractivity contribution < 1.29 is 17.9 Å². The standard InChI is InChI=1S/C16H22F3NO/c1-11(2)9-15(12-7-8-20-10-12)21-14-5-3-13(4-6-14)16(17,18)19/h3-6,11-12,15,20H,7-10H2,1-2H3/t12?,15-/m0/s1. The van der Waals surface area contributed by atoms with Crippen LogP contribution in [0.2, 0.25) is 0 Å². The van der Waals surface area contributed by atoms with Gasteiger partial charge in [0.05, 0.1) is 5.56 Å². The molecule has 2 atom stereocenters. The monoisotopic (exact) mass is 301 g/mol. The first-order valence-corrected chi connectivity index (χ1v) is 7.41. The van der Waals surface area contributed by atoms with Gasteiger partial charge >= 0.3 is 6.18 Å². The predicted octanol–water partition coefficient (Wildman–Crippen LogP) is 4.11. The summed E-state index contributed by atoms with van der Waals surface area (Å²) in [5.41, 5.74) is -0.641. The zero-order chi connectivity index (χ0) is 15.5. The summed E-state index contributed by atoms with van der Waals surface area (Å²) < 4.78 is 43.6. The second-order valence-electron chi connectivity index (χ2n) is 6.06. The van der Waals surface area contributed by atoms with Crippen LogP contribution in [0.25, 0.3) is 0 Å². The fourth-order valence-corrected chi connectivity index (χ4v) is 2.69. The van der Waals surface area contributed by atoms with Crippen LogP contribution in [0, 0.1) is 11.8 Å². The van der Waals surface area contributed by atoms with E-state index >= 15 is 0 Å². The molecule has 21 heavy (non-hydrogen) atoms. The van der Waals surface area contributed by atoms with Crippen LogP contribution in [0.1, 0.15) is 32.3 Å². The maximum absolute atomic E-state index is 12.6. The molecular weight excluding hydrogens is 279 g/mol. The van der Waals surface area contributed by atoms with E-state index in [0.29, 0.717) is 17.6 Å². The van der Waals surface area contributed by atoms with Crippen molar-refractivity contribution in [2.24, 2.45) is 11.8 Å². The maximum atomic E-state index is 12.6. The molecule has 0 spiro atoms. The molecule has 0 radical (unpaired) electrons. The van der Waals surface area contributed by atoms with Crippen LogP contribution in [0.15, 0.2) is 24.3 Å². The van der Waals surface area contributed by atoms with Gasteiger partial charge in [-0.2, -0.15) is 13.2 Å². The van der Waals surface area contributed by atoms with Gasteiger partial charge in [0.15, 0.2) is 0 Å². The highest BCUT2D eigenvalue weighted by Gasteiger charge is 2.31. The van der Waals surface area contributed by atoms with Crippen LogP contribution in [-0.2, 0) is 6.18 Å². The highest BCUT2D eigenvalue weighted by atomic mass is 19.4. The normalized spacial score (nSPS) is 20.8. The molecule has 1 aromatic carbocycles. The van der Waals surface area contributed by atoms with Gasteiger partial charge in [-0.15, -0.1) is 0 Å². The number of halogens is 3. The highest BCUT2D eigenvalue weighted by Crippen LogP contribution is 2.31. The van der Waals surface area contributed by atoms with E-state index in [0.717, 1.165) is 38.1 Å². The first-order chi connectivity index (χ1) is 9.86. The fourth-order valence-electron chi connectivity index (χ4n) is 2.69. The van der Waals surface area contributed by atoms with Crippen molar-refractivity contribution in [1.82, 2.24) is 5.32 Å². The molecule has 118 valence electrons. The summed E-state index contributed by atoms with van der Waals surface area (Å²) in [6.45, 7) is 6.16. The lowest BCUT2D eigenvalue weighted by Crippen LogP contribution is -2.30. The SMILES string of the molecule is CC(C)C[C@H](Oc1ccc(C(F)(F)F)cc1)C1CCNC1. The molecule has 2 nitrogen and oxygen atoms in total. The topological polar surface area (TPSA) is 21.3 Å². The minimum atomic E-state index is -4.30. The summed E-state index contributed by atoms with van der Waals surface area (Å²) in [6.07, 6.45) is -2.28. The van der Waals surface area contributed by atoms with Gasteiger partial charge in [0.2, 0.25) is 0 Å². The van der Waals surface area contributed by atoms with Crippen LogP contribution in [0.3, 0.4) is 0 Å². The van der Waals surface area contributed by atoms with Gasteiger partial charge in [0.1, 0.15) is 11.9 Å². The van der Waals surface area contributed by atoms with Crippen LogP contribution >= 0.6 is 0 Å². The number of nitrogens with one attached hydrogen (secondary N) is 1. The molecular formula is C16H22F3NO. The van der Waals surface area contributed by atoms with Crippen molar-refractivity contribution in [3.05, 3.63) is 29.8 Å². The van der Waals surface area contributed by atoms with Crippen molar-refractivity contribution in [3.8, 4) is 5.75 Å². The Labute approximate surface area is 123 Å². The van der Waals surface area contributed by atoms with Gasteiger partial charge in [-0.05, 0) is 49.6 Å². The summed E-state index contributed by atoms with van der Waals surface area (Å²) in [5, 5.41) is 3.31. The lowest BCUT2D eigenvalue weighted by atomic mass is 9.93. The highest BCUT2D eigenvalue weighted by molar-refractivity contribution is 5.29. The molecule has 0 aromatic heterocycles. The van der Waals surface area contributed by atoms with E-state index in [4.69, 9.17) is 4.74 Å². The van der Waals surface area contributed by atoms with Crippen LogP contribution < -0.4 is 10.1 Å². The van der Waals surface area contributed by atoms with Gasteiger partial charge in [-0.25, -0.2) is 0 Å². The molecule has 1 aliphatic rings. The van der Waals surface area contributed by atoms with Crippen molar-refractivity contribution in [2.45, 2.75) is 39.0 Å². The fraction of sp³-hybridized carbons (Fsp3) is 0.625. The average Bonchev–Trinajstić information content (AvgIpc) is 2.90. The molecule has 0 bridgehead atoms. The minimum absolute atomic E-state index is 0.0525. The first-order valence-electron chi connectivity index (χ1n) is 7.41. The number of alkyl halides is 3. The van der Waals surface area contributed by atoms with E-state index in [-0.39, 0.29) is 6.10 Å². The molecule has 0 aliphatic carbocycles. The van der Waals surface area contributed by atoms with Crippen LogP contribution in [0.4, 0.5) is 13.2 Å². The Balaban J connectivity index is 2.05. The van der Waals surface area contributed by atoms with Crippen molar-refractivity contribution in [2.75, 3.05) is 13.1 Å². The Kier molecular flexibility index (Phi) is 5.14.